The smallest absolute Gasteiger partial charge is 0.170 e. The number of benzene rings is 3. The summed E-state index contributed by atoms with van der Waals surface area (Å²) in [5, 5.41) is 14.3. The second-order valence-electron chi connectivity index (χ2n) is 9.71. The fourth-order valence-corrected chi connectivity index (χ4v) is 5.55. The third kappa shape index (κ3) is 4.53. The van der Waals surface area contributed by atoms with Crippen LogP contribution in [0, 0.1) is 23.3 Å². The zero-order valence-electron chi connectivity index (χ0n) is 21.0. The van der Waals surface area contributed by atoms with Crippen LogP contribution in [0.2, 0.25) is 0 Å². The predicted molar refractivity (Wildman–Crippen MR) is 139 cm³/mol. The van der Waals surface area contributed by atoms with Gasteiger partial charge in [0.2, 0.25) is 0 Å². The summed E-state index contributed by atoms with van der Waals surface area (Å²) in [6.07, 6.45) is 2.33. The lowest BCUT2D eigenvalue weighted by atomic mass is 9.94. The monoisotopic (exact) mass is 539 g/mol. The first-order chi connectivity index (χ1) is 18.8. The van der Waals surface area contributed by atoms with Gasteiger partial charge in [-0.3, -0.25) is 4.98 Å². The fraction of sp³-hybridized carbons (Fsp3) is 0.276. The number of hydrogen-bond acceptors (Lipinski definition) is 6. The van der Waals surface area contributed by atoms with Gasteiger partial charge in [0.15, 0.2) is 23.2 Å². The van der Waals surface area contributed by atoms with E-state index in [1.807, 2.05) is 0 Å². The van der Waals surface area contributed by atoms with E-state index in [1.54, 1.807) is 24.4 Å². The van der Waals surface area contributed by atoms with Crippen LogP contribution in [0.1, 0.15) is 6.42 Å². The summed E-state index contributed by atoms with van der Waals surface area (Å²) in [5.41, 5.74) is 1.79. The highest BCUT2D eigenvalue weighted by atomic mass is 19.2. The first-order valence-electron chi connectivity index (χ1n) is 12.6. The summed E-state index contributed by atoms with van der Waals surface area (Å²) < 4.78 is 69.1. The first kappa shape index (κ1) is 25.4. The molecule has 6 nitrogen and oxygen atoms in total. The molecular weight excluding hydrogens is 514 g/mol. The zero-order valence-corrected chi connectivity index (χ0v) is 21.0. The average Bonchev–Trinajstić information content (AvgIpc) is 2.95. The lowest BCUT2D eigenvalue weighted by Crippen LogP contribution is -2.57. The Hall–Kier alpha value is -3.89. The fourth-order valence-electron chi connectivity index (χ4n) is 5.55. The molecule has 2 fully saturated rings. The lowest BCUT2D eigenvalue weighted by molar-refractivity contribution is -0.00896. The summed E-state index contributed by atoms with van der Waals surface area (Å²) in [6.45, 7) is 2.51. The Morgan fingerprint density at radius 2 is 1.90 bits per heavy atom. The van der Waals surface area contributed by atoms with Crippen LogP contribution in [0.5, 0.6) is 11.5 Å². The minimum absolute atomic E-state index is 0.0680. The minimum Gasteiger partial charge on any atom is -0.504 e. The number of fused-ring (bicyclic) bond motifs is 2. The summed E-state index contributed by atoms with van der Waals surface area (Å²) in [6, 6.07) is 9.42. The number of aromatic nitrogens is 1. The molecule has 2 saturated heterocycles. The second kappa shape index (κ2) is 10.0. The van der Waals surface area contributed by atoms with Crippen LogP contribution in [0.15, 0.2) is 48.7 Å². The molecule has 0 radical (unpaired) electrons. The number of phenolic OH excluding ortho intramolecular Hbond substituents is 1. The van der Waals surface area contributed by atoms with Crippen molar-refractivity contribution >= 4 is 16.6 Å². The predicted octanol–water partition coefficient (Wildman–Crippen LogP) is 5.41. The van der Waals surface area contributed by atoms with Crippen LogP contribution in [0.4, 0.5) is 23.2 Å². The molecule has 202 valence electrons. The molecule has 2 aliphatic rings. The van der Waals surface area contributed by atoms with Crippen LogP contribution in [0.3, 0.4) is 0 Å². The van der Waals surface area contributed by atoms with Crippen molar-refractivity contribution in [2.75, 3.05) is 38.3 Å². The minimum atomic E-state index is -1.41. The standard InChI is InChI=1S/C29H25F4N3O3/c1-38-18-9-16(8-17(30)11-18)20-13-35-23-3-2-15(26-27(33)21(31)12-22(32)29(26)37)10-19(23)28(20)36-6-4-24-25(14-36)39-7-5-34-24/h2-3,8-13,24-25,34,37H,4-7,14H2,1H3. The number of nitrogens with one attached hydrogen (secondary N) is 1. The zero-order chi connectivity index (χ0) is 27.3. The normalized spacial score (nSPS) is 19.3. The molecule has 0 saturated carbocycles. The van der Waals surface area contributed by atoms with E-state index in [2.05, 4.69) is 15.2 Å². The maximum absolute atomic E-state index is 14.8. The largest absolute Gasteiger partial charge is 0.504 e. The quantitative estimate of drug-likeness (QED) is 0.267. The van der Waals surface area contributed by atoms with E-state index in [4.69, 9.17) is 9.47 Å². The van der Waals surface area contributed by atoms with Gasteiger partial charge in [-0.25, -0.2) is 17.6 Å². The van der Waals surface area contributed by atoms with E-state index < -0.39 is 34.6 Å². The molecule has 2 N–H and O–H groups in total. The number of rotatable bonds is 4. The number of ether oxygens (including phenoxy) is 2. The van der Waals surface area contributed by atoms with Crippen molar-refractivity contribution in [1.29, 1.82) is 0 Å². The highest BCUT2D eigenvalue weighted by molar-refractivity contribution is 6.02. The van der Waals surface area contributed by atoms with Gasteiger partial charge in [-0.15, -0.1) is 0 Å². The molecule has 0 bridgehead atoms. The Bertz CT molecular complexity index is 1560. The Labute approximate surface area is 221 Å². The van der Waals surface area contributed by atoms with Crippen molar-refractivity contribution in [2.24, 2.45) is 0 Å². The molecule has 4 aromatic rings. The van der Waals surface area contributed by atoms with Gasteiger partial charge in [-0.05, 0) is 41.8 Å². The molecule has 3 heterocycles. The number of hydrogen-bond donors (Lipinski definition) is 2. The number of pyridine rings is 1. The number of morpholine rings is 1. The number of aromatic hydroxyl groups is 1. The molecule has 2 atom stereocenters. The van der Waals surface area contributed by atoms with Crippen molar-refractivity contribution in [3.05, 3.63) is 71.9 Å². The third-order valence-corrected chi connectivity index (χ3v) is 7.41. The van der Waals surface area contributed by atoms with E-state index >= 15 is 0 Å². The molecule has 10 heteroatoms. The van der Waals surface area contributed by atoms with Gasteiger partial charge < -0.3 is 24.8 Å². The van der Waals surface area contributed by atoms with E-state index in [0.29, 0.717) is 59.2 Å². The SMILES string of the molecule is COc1cc(F)cc(-c2cnc3ccc(-c4c(O)c(F)cc(F)c4F)cc3c2N2CCC3NCCOC3C2)c1. The maximum atomic E-state index is 14.8. The summed E-state index contributed by atoms with van der Waals surface area (Å²) in [5.74, 6) is -5.21. The van der Waals surface area contributed by atoms with Crippen molar-refractivity contribution < 1.29 is 32.1 Å². The summed E-state index contributed by atoms with van der Waals surface area (Å²) in [4.78, 5) is 6.66. The van der Waals surface area contributed by atoms with Crippen LogP contribution < -0.4 is 15.0 Å². The van der Waals surface area contributed by atoms with Crippen molar-refractivity contribution in [3.8, 4) is 33.8 Å². The van der Waals surface area contributed by atoms with E-state index in [9.17, 15) is 22.7 Å². The Kier molecular flexibility index (Phi) is 6.52. The molecule has 6 rings (SSSR count). The van der Waals surface area contributed by atoms with E-state index in [-0.39, 0.29) is 17.7 Å². The number of nitrogens with zero attached hydrogens (tertiary/aromatic N) is 2. The summed E-state index contributed by atoms with van der Waals surface area (Å²) >= 11 is 0. The average molecular weight is 540 g/mol. The topological polar surface area (TPSA) is 66.9 Å². The number of methoxy groups -OCH3 is 1. The molecule has 3 aromatic carbocycles. The molecule has 0 aliphatic carbocycles. The van der Waals surface area contributed by atoms with Crippen LogP contribution >= 0.6 is 0 Å². The van der Waals surface area contributed by atoms with Crippen molar-refractivity contribution in [3.63, 3.8) is 0 Å². The highest BCUT2D eigenvalue weighted by Gasteiger charge is 2.34. The van der Waals surface area contributed by atoms with Gasteiger partial charge in [0.05, 0.1) is 36.6 Å². The number of halogens is 4. The Morgan fingerprint density at radius 1 is 1.05 bits per heavy atom. The van der Waals surface area contributed by atoms with Crippen molar-refractivity contribution in [1.82, 2.24) is 10.3 Å². The molecule has 2 aliphatic heterocycles. The Balaban J connectivity index is 1.58. The third-order valence-electron chi connectivity index (χ3n) is 7.41. The Morgan fingerprint density at radius 3 is 2.72 bits per heavy atom. The van der Waals surface area contributed by atoms with Crippen molar-refractivity contribution in [2.45, 2.75) is 18.6 Å². The molecule has 0 amide bonds. The van der Waals surface area contributed by atoms with Crippen LogP contribution in [-0.2, 0) is 4.74 Å². The summed E-state index contributed by atoms with van der Waals surface area (Å²) in [7, 11) is 1.45. The van der Waals surface area contributed by atoms with E-state index in [1.165, 1.54) is 25.3 Å². The van der Waals surface area contributed by atoms with Crippen LogP contribution in [0.25, 0.3) is 33.2 Å². The molecule has 0 spiro atoms. The van der Waals surface area contributed by atoms with Gasteiger partial charge in [0.25, 0.3) is 0 Å². The van der Waals surface area contributed by atoms with Gasteiger partial charge in [0.1, 0.15) is 11.6 Å². The molecule has 1 aromatic heterocycles. The first-order valence-corrected chi connectivity index (χ1v) is 12.6. The van der Waals surface area contributed by atoms with E-state index in [0.717, 1.165) is 13.0 Å². The highest BCUT2D eigenvalue weighted by Crippen LogP contribution is 2.43. The number of phenols is 1. The lowest BCUT2D eigenvalue weighted by Gasteiger charge is -2.43. The van der Waals surface area contributed by atoms with Gasteiger partial charge in [-0.1, -0.05) is 6.07 Å². The number of piperidine rings is 1. The molecular formula is C29H25F4N3O3. The maximum Gasteiger partial charge on any atom is 0.170 e. The van der Waals surface area contributed by atoms with Gasteiger partial charge >= 0.3 is 0 Å². The molecule has 2 unspecified atom stereocenters. The van der Waals surface area contributed by atoms with Gasteiger partial charge in [0, 0.05) is 55.0 Å². The molecule has 39 heavy (non-hydrogen) atoms. The van der Waals surface area contributed by atoms with Crippen LogP contribution in [-0.4, -0.2) is 55.6 Å². The number of anilines is 1. The van der Waals surface area contributed by atoms with Gasteiger partial charge in [-0.2, -0.15) is 0 Å². The second-order valence-corrected chi connectivity index (χ2v) is 9.71.